The Hall–Kier alpha value is -1.96. The molecule has 2 aliphatic rings. The van der Waals surface area contributed by atoms with Crippen LogP contribution in [0.15, 0.2) is 48.5 Å². The fraction of sp³-hybridized carbons (Fsp3) is 0.400. The molecule has 0 amide bonds. The van der Waals surface area contributed by atoms with Gasteiger partial charge in [0.15, 0.2) is 0 Å². The van der Waals surface area contributed by atoms with Crippen LogP contribution in [-0.4, -0.2) is 26.2 Å². The van der Waals surface area contributed by atoms with E-state index in [0.29, 0.717) is 0 Å². The normalized spacial score (nSPS) is 16.0. The number of para-hydroxylation sites is 2. The summed E-state index contributed by atoms with van der Waals surface area (Å²) in [4.78, 5) is 5.13. The van der Waals surface area contributed by atoms with E-state index in [4.69, 9.17) is 0 Å². The second kappa shape index (κ2) is 6.04. The molecule has 2 heteroatoms. The van der Waals surface area contributed by atoms with Crippen LogP contribution in [0.25, 0.3) is 0 Å². The summed E-state index contributed by atoms with van der Waals surface area (Å²) in [6.07, 6.45) is 5.01. The second-order valence-corrected chi connectivity index (χ2v) is 6.44. The van der Waals surface area contributed by atoms with E-state index in [1.165, 1.54) is 74.4 Å². The van der Waals surface area contributed by atoms with Crippen molar-refractivity contribution < 1.29 is 0 Å². The molecule has 0 radical (unpaired) electrons. The number of fused-ring (bicyclic) bond motifs is 2. The maximum absolute atomic E-state index is 2.56. The van der Waals surface area contributed by atoms with Gasteiger partial charge in [-0.25, -0.2) is 0 Å². The lowest BCUT2D eigenvalue weighted by atomic mass is 10.2. The van der Waals surface area contributed by atoms with Crippen LogP contribution >= 0.6 is 0 Å². The highest BCUT2D eigenvalue weighted by Gasteiger charge is 2.19. The molecule has 22 heavy (non-hydrogen) atoms. The van der Waals surface area contributed by atoms with Crippen molar-refractivity contribution in [1.29, 1.82) is 0 Å². The van der Waals surface area contributed by atoms with E-state index in [-0.39, 0.29) is 0 Å². The first-order chi connectivity index (χ1) is 10.9. The molecule has 0 aliphatic carbocycles. The molecule has 0 saturated heterocycles. The third-order valence-electron chi connectivity index (χ3n) is 5.07. The average Bonchev–Trinajstić information content (AvgIpc) is 3.16. The number of benzene rings is 2. The first-order valence-corrected chi connectivity index (χ1v) is 8.57. The van der Waals surface area contributed by atoms with Crippen molar-refractivity contribution in [1.82, 2.24) is 0 Å². The standard InChI is InChI=1S/C20H24N2/c1-3-9-19-17(7-1)11-15-21(19)13-5-6-14-22-16-12-18-8-2-4-10-20(18)22/h1-4,7-10H,5-6,11-16H2. The molecule has 0 N–H and O–H groups in total. The third-order valence-corrected chi connectivity index (χ3v) is 5.07. The fourth-order valence-corrected chi connectivity index (χ4v) is 3.88. The molecular formula is C20H24N2. The van der Waals surface area contributed by atoms with Crippen LogP contribution in [0.4, 0.5) is 11.4 Å². The predicted molar refractivity (Wildman–Crippen MR) is 94.0 cm³/mol. The molecule has 0 spiro atoms. The van der Waals surface area contributed by atoms with Gasteiger partial charge in [0, 0.05) is 37.6 Å². The highest BCUT2D eigenvalue weighted by molar-refractivity contribution is 5.58. The summed E-state index contributed by atoms with van der Waals surface area (Å²) in [5, 5.41) is 0. The van der Waals surface area contributed by atoms with Gasteiger partial charge in [0.1, 0.15) is 0 Å². The zero-order chi connectivity index (χ0) is 14.8. The lowest BCUT2D eigenvalue weighted by Crippen LogP contribution is -2.25. The zero-order valence-corrected chi connectivity index (χ0v) is 13.2. The van der Waals surface area contributed by atoms with Crippen LogP contribution in [0.1, 0.15) is 24.0 Å². The van der Waals surface area contributed by atoms with Crippen LogP contribution in [0.3, 0.4) is 0 Å². The van der Waals surface area contributed by atoms with Gasteiger partial charge in [-0.2, -0.15) is 0 Å². The van der Waals surface area contributed by atoms with Crippen LogP contribution in [0, 0.1) is 0 Å². The second-order valence-electron chi connectivity index (χ2n) is 6.44. The van der Waals surface area contributed by atoms with Crippen LogP contribution in [0.2, 0.25) is 0 Å². The summed E-state index contributed by atoms with van der Waals surface area (Å²) >= 11 is 0. The van der Waals surface area contributed by atoms with Gasteiger partial charge < -0.3 is 9.80 Å². The quantitative estimate of drug-likeness (QED) is 0.771. The minimum absolute atomic E-state index is 1.20. The summed E-state index contributed by atoms with van der Waals surface area (Å²) in [7, 11) is 0. The van der Waals surface area contributed by atoms with Crippen LogP contribution < -0.4 is 9.80 Å². The van der Waals surface area contributed by atoms with Crippen molar-refractivity contribution in [2.75, 3.05) is 36.0 Å². The summed E-state index contributed by atoms with van der Waals surface area (Å²) in [5.74, 6) is 0. The summed E-state index contributed by atoms with van der Waals surface area (Å²) in [6, 6.07) is 17.8. The first-order valence-electron chi connectivity index (χ1n) is 8.57. The van der Waals surface area contributed by atoms with E-state index < -0.39 is 0 Å². The van der Waals surface area contributed by atoms with Gasteiger partial charge in [0.25, 0.3) is 0 Å². The number of nitrogens with zero attached hydrogens (tertiary/aromatic N) is 2. The molecule has 0 unspecified atom stereocenters. The zero-order valence-electron chi connectivity index (χ0n) is 13.2. The molecule has 2 heterocycles. The average molecular weight is 292 g/mol. The van der Waals surface area contributed by atoms with Gasteiger partial charge in [-0.1, -0.05) is 36.4 Å². The number of rotatable bonds is 5. The van der Waals surface area contributed by atoms with Gasteiger partial charge in [-0.05, 0) is 48.9 Å². The maximum atomic E-state index is 2.56. The van der Waals surface area contributed by atoms with Gasteiger partial charge >= 0.3 is 0 Å². The summed E-state index contributed by atoms with van der Waals surface area (Å²) in [5.41, 5.74) is 5.98. The number of hydrogen-bond acceptors (Lipinski definition) is 2. The monoisotopic (exact) mass is 292 g/mol. The topological polar surface area (TPSA) is 6.48 Å². The molecular weight excluding hydrogens is 268 g/mol. The van der Waals surface area contributed by atoms with Crippen molar-refractivity contribution in [3.63, 3.8) is 0 Å². The predicted octanol–water partition coefficient (Wildman–Crippen LogP) is 3.89. The lowest BCUT2D eigenvalue weighted by Gasteiger charge is -2.22. The molecule has 0 fully saturated rings. The van der Waals surface area contributed by atoms with Crippen LogP contribution in [0.5, 0.6) is 0 Å². The Balaban J connectivity index is 1.27. The molecule has 0 saturated carbocycles. The van der Waals surface area contributed by atoms with E-state index in [9.17, 15) is 0 Å². The SMILES string of the molecule is c1ccc2c(c1)CCN2CCCCN1CCc2ccccc21. The van der Waals surface area contributed by atoms with E-state index in [2.05, 4.69) is 58.3 Å². The smallest absolute Gasteiger partial charge is 0.0399 e. The molecule has 2 aromatic rings. The Labute approximate surface area is 133 Å². The minimum Gasteiger partial charge on any atom is -0.371 e. The summed E-state index contributed by atoms with van der Waals surface area (Å²) < 4.78 is 0. The van der Waals surface area contributed by atoms with Crippen molar-refractivity contribution in [3.05, 3.63) is 59.7 Å². The number of anilines is 2. The largest absolute Gasteiger partial charge is 0.371 e. The highest BCUT2D eigenvalue weighted by atomic mass is 15.2. The van der Waals surface area contributed by atoms with E-state index in [1.54, 1.807) is 0 Å². The maximum Gasteiger partial charge on any atom is 0.0399 e. The van der Waals surface area contributed by atoms with E-state index in [0.717, 1.165) is 0 Å². The van der Waals surface area contributed by atoms with Gasteiger partial charge in [-0.15, -0.1) is 0 Å². The third kappa shape index (κ3) is 2.58. The molecule has 2 aliphatic heterocycles. The summed E-state index contributed by atoms with van der Waals surface area (Å²) in [6.45, 7) is 4.80. The Kier molecular flexibility index (Phi) is 3.75. The van der Waals surface area contributed by atoms with Crippen molar-refractivity contribution >= 4 is 11.4 Å². The minimum atomic E-state index is 1.20. The number of unbranched alkanes of at least 4 members (excludes halogenated alkanes) is 1. The molecule has 114 valence electrons. The van der Waals surface area contributed by atoms with E-state index in [1.807, 2.05) is 0 Å². The Morgan fingerprint density at radius 2 is 1.09 bits per heavy atom. The Morgan fingerprint density at radius 1 is 0.636 bits per heavy atom. The first kappa shape index (κ1) is 13.7. The molecule has 2 nitrogen and oxygen atoms in total. The molecule has 0 aromatic heterocycles. The highest BCUT2D eigenvalue weighted by Crippen LogP contribution is 2.29. The van der Waals surface area contributed by atoms with Gasteiger partial charge in [-0.3, -0.25) is 0 Å². The van der Waals surface area contributed by atoms with Crippen molar-refractivity contribution in [3.8, 4) is 0 Å². The molecule has 0 bridgehead atoms. The van der Waals surface area contributed by atoms with Gasteiger partial charge in [0.2, 0.25) is 0 Å². The van der Waals surface area contributed by atoms with Crippen LogP contribution in [-0.2, 0) is 12.8 Å². The Bertz CT molecular complexity index is 592. The molecule has 0 atom stereocenters. The molecule has 4 rings (SSSR count). The van der Waals surface area contributed by atoms with Crippen molar-refractivity contribution in [2.24, 2.45) is 0 Å². The number of hydrogen-bond donors (Lipinski definition) is 0. The lowest BCUT2D eigenvalue weighted by molar-refractivity contribution is 0.679. The fourth-order valence-electron chi connectivity index (χ4n) is 3.88. The Morgan fingerprint density at radius 3 is 1.59 bits per heavy atom. The van der Waals surface area contributed by atoms with Crippen molar-refractivity contribution in [2.45, 2.75) is 25.7 Å². The van der Waals surface area contributed by atoms with E-state index >= 15 is 0 Å². The van der Waals surface area contributed by atoms with Gasteiger partial charge in [0.05, 0.1) is 0 Å². The molecule has 2 aromatic carbocycles.